The van der Waals surface area contributed by atoms with Gasteiger partial charge in [-0.15, -0.1) is 0 Å². The lowest BCUT2D eigenvalue weighted by Gasteiger charge is -2.09. The number of anilines is 1. The van der Waals surface area contributed by atoms with Crippen LogP contribution in [-0.4, -0.2) is 12.2 Å². The maximum atomic E-state index is 9.71. The van der Waals surface area contributed by atoms with E-state index in [0.717, 1.165) is 11.3 Å². The molecular formula is C16H13N3O2. The summed E-state index contributed by atoms with van der Waals surface area (Å²) in [6, 6.07) is 14.1. The second-order valence-electron chi connectivity index (χ2n) is 4.34. The average Bonchev–Trinajstić information content (AvgIpc) is 2.52. The summed E-state index contributed by atoms with van der Waals surface area (Å²) in [6.07, 6.45) is 0. The van der Waals surface area contributed by atoms with E-state index in [1.807, 2.05) is 18.2 Å². The fourth-order valence-electron chi connectivity index (χ4n) is 1.89. The summed E-state index contributed by atoms with van der Waals surface area (Å²) < 4.78 is 4.98. The van der Waals surface area contributed by atoms with Crippen molar-refractivity contribution in [2.45, 2.75) is 6.54 Å². The first-order valence-electron chi connectivity index (χ1n) is 6.22. The van der Waals surface area contributed by atoms with Crippen LogP contribution in [0.3, 0.4) is 0 Å². The number of hydrogen-bond donors (Lipinski definition) is 2. The molecule has 0 saturated heterocycles. The summed E-state index contributed by atoms with van der Waals surface area (Å²) >= 11 is 0. The zero-order valence-corrected chi connectivity index (χ0v) is 11.4. The first-order chi connectivity index (χ1) is 10.2. The molecule has 5 heteroatoms. The number of phenols is 1. The molecule has 2 aromatic rings. The standard InChI is InChI=1S/C16H13N3O2/c1-21-16-5-2-11(6-15(16)20)10-19-14-4-3-12(8-17)13(7-14)9-18/h2-7,19-20H,10H2,1H3. The van der Waals surface area contributed by atoms with Gasteiger partial charge in [-0.25, -0.2) is 0 Å². The van der Waals surface area contributed by atoms with Crippen molar-refractivity contribution in [3.8, 4) is 23.6 Å². The second-order valence-corrected chi connectivity index (χ2v) is 4.34. The minimum atomic E-state index is 0.0781. The van der Waals surface area contributed by atoms with Gasteiger partial charge in [-0.2, -0.15) is 10.5 Å². The van der Waals surface area contributed by atoms with Crippen LogP contribution in [0.25, 0.3) is 0 Å². The molecule has 0 aliphatic rings. The average molecular weight is 279 g/mol. The number of nitrogens with one attached hydrogen (secondary N) is 1. The molecule has 0 unspecified atom stereocenters. The number of benzene rings is 2. The van der Waals surface area contributed by atoms with Crippen LogP contribution in [0.4, 0.5) is 5.69 Å². The van der Waals surface area contributed by atoms with Crippen LogP contribution in [0.15, 0.2) is 36.4 Å². The number of hydrogen-bond acceptors (Lipinski definition) is 5. The smallest absolute Gasteiger partial charge is 0.160 e. The van der Waals surface area contributed by atoms with Gasteiger partial charge in [0.25, 0.3) is 0 Å². The number of phenolic OH excluding ortho intramolecular Hbond substituents is 1. The topological polar surface area (TPSA) is 89.1 Å². The number of nitriles is 2. The van der Waals surface area contributed by atoms with Gasteiger partial charge < -0.3 is 15.2 Å². The zero-order chi connectivity index (χ0) is 15.2. The lowest BCUT2D eigenvalue weighted by atomic mass is 10.1. The monoisotopic (exact) mass is 279 g/mol. The Morgan fingerprint density at radius 1 is 1.10 bits per heavy atom. The number of ether oxygens (including phenoxy) is 1. The zero-order valence-electron chi connectivity index (χ0n) is 11.4. The number of rotatable bonds is 4. The molecule has 0 radical (unpaired) electrons. The van der Waals surface area contributed by atoms with E-state index in [9.17, 15) is 5.11 Å². The van der Waals surface area contributed by atoms with Gasteiger partial charge in [0.05, 0.1) is 18.2 Å². The SMILES string of the molecule is COc1ccc(CNc2ccc(C#N)c(C#N)c2)cc1O. The molecule has 0 aliphatic carbocycles. The molecule has 0 aliphatic heterocycles. The molecule has 104 valence electrons. The first-order valence-corrected chi connectivity index (χ1v) is 6.22. The molecule has 2 rings (SSSR count). The van der Waals surface area contributed by atoms with Crippen molar-refractivity contribution in [3.05, 3.63) is 53.1 Å². The molecule has 0 heterocycles. The Hall–Kier alpha value is -3.18. The van der Waals surface area contributed by atoms with Gasteiger partial charge in [-0.3, -0.25) is 0 Å². The molecule has 0 spiro atoms. The predicted octanol–water partition coefficient (Wildman–Crippen LogP) is 2.76. The van der Waals surface area contributed by atoms with Crippen molar-refractivity contribution >= 4 is 5.69 Å². The number of nitrogens with zero attached hydrogens (tertiary/aromatic N) is 2. The van der Waals surface area contributed by atoms with Crippen molar-refractivity contribution < 1.29 is 9.84 Å². The lowest BCUT2D eigenvalue weighted by Crippen LogP contribution is -2.00. The Morgan fingerprint density at radius 2 is 1.86 bits per heavy atom. The molecule has 2 aromatic carbocycles. The van der Waals surface area contributed by atoms with E-state index in [0.29, 0.717) is 23.4 Å². The molecular weight excluding hydrogens is 266 g/mol. The summed E-state index contributed by atoms with van der Waals surface area (Å²) in [4.78, 5) is 0. The molecule has 2 N–H and O–H groups in total. The van der Waals surface area contributed by atoms with Gasteiger partial charge in [-0.1, -0.05) is 6.07 Å². The van der Waals surface area contributed by atoms with Crippen LogP contribution < -0.4 is 10.1 Å². The highest BCUT2D eigenvalue weighted by Gasteiger charge is 2.05. The summed E-state index contributed by atoms with van der Waals surface area (Å²) in [5.41, 5.74) is 2.29. The van der Waals surface area contributed by atoms with E-state index in [1.165, 1.54) is 7.11 Å². The third kappa shape index (κ3) is 3.23. The molecule has 5 nitrogen and oxygen atoms in total. The van der Waals surface area contributed by atoms with Crippen molar-refractivity contribution in [3.63, 3.8) is 0 Å². The van der Waals surface area contributed by atoms with Gasteiger partial charge >= 0.3 is 0 Å². The summed E-state index contributed by atoms with van der Waals surface area (Å²) in [6.45, 7) is 0.480. The lowest BCUT2D eigenvalue weighted by molar-refractivity contribution is 0.373. The van der Waals surface area contributed by atoms with E-state index in [1.54, 1.807) is 30.3 Å². The largest absolute Gasteiger partial charge is 0.504 e. The molecule has 0 bridgehead atoms. The Bertz CT molecular complexity index is 742. The number of methoxy groups -OCH3 is 1. The van der Waals surface area contributed by atoms with E-state index in [4.69, 9.17) is 15.3 Å². The predicted molar refractivity (Wildman–Crippen MR) is 77.9 cm³/mol. The molecule has 0 aromatic heterocycles. The van der Waals surface area contributed by atoms with Crippen LogP contribution in [0, 0.1) is 22.7 Å². The Morgan fingerprint density at radius 3 is 2.48 bits per heavy atom. The van der Waals surface area contributed by atoms with Crippen LogP contribution in [-0.2, 0) is 6.54 Å². The van der Waals surface area contributed by atoms with Crippen LogP contribution in [0.2, 0.25) is 0 Å². The van der Waals surface area contributed by atoms with Crippen LogP contribution in [0.5, 0.6) is 11.5 Å². The summed E-state index contributed by atoms with van der Waals surface area (Å²) in [7, 11) is 1.49. The quantitative estimate of drug-likeness (QED) is 0.898. The van der Waals surface area contributed by atoms with Gasteiger partial charge in [0.15, 0.2) is 11.5 Å². The molecule has 21 heavy (non-hydrogen) atoms. The molecule has 0 saturated carbocycles. The van der Waals surface area contributed by atoms with Crippen molar-refractivity contribution in [2.24, 2.45) is 0 Å². The van der Waals surface area contributed by atoms with Gasteiger partial charge in [-0.05, 0) is 35.9 Å². The van der Waals surface area contributed by atoms with Gasteiger partial charge in [0.1, 0.15) is 12.1 Å². The van der Waals surface area contributed by atoms with E-state index >= 15 is 0 Å². The van der Waals surface area contributed by atoms with Crippen molar-refractivity contribution in [1.82, 2.24) is 0 Å². The normalized spacial score (nSPS) is 9.48. The highest BCUT2D eigenvalue weighted by atomic mass is 16.5. The van der Waals surface area contributed by atoms with Crippen LogP contribution in [0.1, 0.15) is 16.7 Å². The minimum Gasteiger partial charge on any atom is -0.504 e. The van der Waals surface area contributed by atoms with Gasteiger partial charge in [0.2, 0.25) is 0 Å². The maximum Gasteiger partial charge on any atom is 0.160 e. The molecule has 0 amide bonds. The summed E-state index contributed by atoms with van der Waals surface area (Å²) in [5.74, 6) is 0.498. The van der Waals surface area contributed by atoms with Crippen molar-refractivity contribution in [2.75, 3.05) is 12.4 Å². The third-order valence-electron chi connectivity index (χ3n) is 3.00. The fraction of sp³-hybridized carbons (Fsp3) is 0.125. The third-order valence-corrected chi connectivity index (χ3v) is 3.00. The van der Waals surface area contributed by atoms with E-state index < -0.39 is 0 Å². The van der Waals surface area contributed by atoms with E-state index in [2.05, 4.69) is 5.32 Å². The van der Waals surface area contributed by atoms with Crippen molar-refractivity contribution in [1.29, 1.82) is 10.5 Å². The summed E-state index contributed by atoms with van der Waals surface area (Å²) in [5, 5.41) is 30.7. The number of aromatic hydroxyl groups is 1. The Kier molecular flexibility index (Phi) is 4.28. The molecule has 0 atom stereocenters. The highest BCUT2D eigenvalue weighted by Crippen LogP contribution is 2.26. The highest BCUT2D eigenvalue weighted by molar-refractivity contribution is 5.56. The van der Waals surface area contributed by atoms with E-state index in [-0.39, 0.29) is 5.75 Å². The maximum absolute atomic E-state index is 9.71. The second kappa shape index (κ2) is 6.31. The van der Waals surface area contributed by atoms with Crippen LogP contribution >= 0.6 is 0 Å². The van der Waals surface area contributed by atoms with Gasteiger partial charge in [0, 0.05) is 12.2 Å². The Balaban J connectivity index is 2.12. The molecule has 0 fully saturated rings. The fourth-order valence-corrected chi connectivity index (χ4v) is 1.89. The first kappa shape index (κ1) is 14.2. The Labute approximate surface area is 122 Å². The minimum absolute atomic E-state index is 0.0781.